The molecule has 0 saturated heterocycles. The predicted octanol–water partition coefficient (Wildman–Crippen LogP) is 4.49. The van der Waals surface area contributed by atoms with Gasteiger partial charge in [0.25, 0.3) is 0 Å². The quantitative estimate of drug-likeness (QED) is 0.681. The second-order valence-corrected chi connectivity index (χ2v) is 8.96. The third kappa shape index (κ3) is 5.10. The largest absolute Gasteiger partial charge is 0.495 e. The Morgan fingerprint density at radius 2 is 1.89 bits per heavy atom. The zero-order valence-corrected chi connectivity index (χ0v) is 18.3. The van der Waals surface area contributed by atoms with Crippen LogP contribution in [0.25, 0.3) is 0 Å². The summed E-state index contributed by atoms with van der Waals surface area (Å²) in [6.07, 6.45) is 1.32. The molecular formula is C19H22Cl2N2O4S. The maximum Gasteiger partial charge on any atom is 0.248 e. The Kier molecular flexibility index (Phi) is 7.20. The molecule has 0 bridgehead atoms. The SMILES string of the molecule is CCC(C(=O)Nc1ccc(OC)c(Cl)c1)N(c1cc(Cl)ccc1C)S(C)(=O)=O. The maximum atomic E-state index is 12.9. The van der Waals surface area contributed by atoms with Crippen LogP contribution in [0.1, 0.15) is 18.9 Å². The van der Waals surface area contributed by atoms with Crippen LogP contribution in [0.15, 0.2) is 36.4 Å². The number of hydrogen-bond donors (Lipinski definition) is 1. The summed E-state index contributed by atoms with van der Waals surface area (Å²) in [6, 6.07) is 8.75. The van der Waals surface area contributed by atoms with Crippen molar-refractivity contribution >= 4 is 50.5 Å². The number of carbonyl (C=O) groups is 1. The van der Waals surface area contributed by atoms with Crippen molar-refractivity contribution in [3.05, 3.63) is 52.0 Å². The highest BCUT2D eigenvalue weighted by atomic mass is 35.5. The van der Waals surface area contributed by atoms with Gasteiger partial charge in [-0.3, -0.25) is 9.10 Å². The molecule has 1 N–H and O–H groups in total. The van der Waals surface area contributed by atoms with Crippen LogP contribution in [0, 0.1) is 6.92 Å². The van der Waals surface area contributed by atoms with E-state index in [-0.39, 0.29) is 6.42 Å². The van der Waals surface area contributed by atoms with Gasteiger partial charge in [0.05, 0.1) is 24.1 Å². The predicted molar refractivity (Wildman–Crippen MR) is 114 cm³/mol. The minimum Gasteiger partial charge on any atom is -0.495 e. The fourth-order valence-electron chi connectivity index (χ4n) is 2.83. The Morgan fingerprint density at radius 1 is 1.21 bits per heavy atom. The van der Waals surface area contributed by atoms with Crippen molar-refractivity contribution in [3.63, 3.8) is 0 Å². The first kappa shape index (κ1) is 22.3. The second kappa shape index (κ2) is 9.03. The standard InChI is InChI=1S/C19H22Cl2N2O4S/c1-5-16(19(24)22-14-8-9-18(27-3)15(21)11-14)23(28(4,25)26)17-10-13(20)7-6-12(17)2/h6-11,16H,5H2,1-4H3,(H,22,24). The van der Waals surface area contributed by atoms with E-state index in [4.69, 9.17) is 27.9 Å². The number of amides is 1. The van der Waals surface area contributed by atoms with Crippen LogP contribution in [0.5, 0.6) is 5.75 Å². The summed E-state index contributed by atoms with van der Waals surface area (Å²) in [5, 5.41) is 3.44. The lowest BCUT2D eigenvalue weighted by Crippen LogP contribution is -2.47. The summed E-state index contributed by atoms with van der Waals surface area (Å²) in [5.74, 6) is -0.00689. The van der Waals surface area contributed by atoms with E-state index in [1.807, 2.05) is 0 Å². The van der Waals surface area contributed by atoms with E-state index in [2.05, 4.69) is 5.32 Å². The Hall–Kier alpha value is -1.96. The highest BCUT2D eigenvalue weighted by Crippen LogP contribution is 2.31. The first-order valence-electron chi connectivity index (χ1n) is 8.48. The highest BCUT2D eigenvalue weighted by Gasteiger charge is 2.32. The Morgan fingerprint density at radius 3 is 2.43 bits per heavy atom. The van der Waals surface area contributed by atoms with E-state index in [9.17, 15) is 13.2 Å². The summed E-state index contributed by atoms with van der Waals surface area (Å²) in [6.45, 7) is 3.50. The fraction of sp³-hybridized carbons (Fsp3) is 0.316. The molecule has 0 saturated carbocycles. The summed E-state index contributed by atoms with van der Waals surface area (Å²) >= 11 is 12.2. The van der Waals surface area contributed by atoms with Gasteiger partial charge in [-0.15, -0.1) is 0 Å². The number of hydrogen-bond acceptors (Lipinski definition) is 4. The number of nitrogens with one attached hydrogen (secondary N) is 1. The second-order valence-electron chi connectivity index (χ2n) is 6.25. The zero-order chi connectivity index (χ0) is 21.1. The first-order valence-corrected chi connectivity index (χ1v) is 11.1. The summed E-state index contributed by atoms with van der Waals surface area (Å²) in [5.41, 5.74) is 1.49. The van der Waals surface area contributed by atoms with Crippen LogP contribution in [0.3, 0.4) is 0 Å². The molecule has 6 nitrogen and oxygen atoms in total. The number of rotatable bonds is 7. The van der Waals surface area contributed by atoms with Gasteiger partial charge in [-0.2, -0.15) is 0 Å². The Labute approximate surface area is 175 Å². The number of nitrogens with zero attached hydrogens (tertiary/aromatic N) is 1. The lowest BCUT2D eigenvalue weighted by Gasteiger charge is -2.31. The maximum absolute atomic E-state index is 12.9. The number of benzene rings is 2. The van der Waals surface area contributed by atoms with Crippen LogP contribution in [0.4, 0.5) is 11.4 Å². The van der Waals surface area contributed by atoms with E-state index < -0.39 is 22.0 Å². The van der Waals surface area contributed by atoms with E-state index in [1.165, 1.54) is 13.2 Å². The van der Waals surface area contributed by atoms with E-state index >= 15 is 0 Å². The summed E-state index contributed by atoms with van der Waals surface area (Å²) in [7, 11) is -2.27. The monoisotopic (exact) mass is 444 g/mol. The third-order valence-corrected chi connectivity index (χ3v) is 5.85. The van der Waals surface area contributed by atoms with Crippen molar-refractivity contribution in [1.29, 1.82) is 0 Å². The molecule has 0 aliphatic carbocycles. The molecule has 28 heavy (non-hydrogen) atoms. The first-order chi connectivity index (χ1) is 13.1. The van der Waals surface area contributed by atoms with Gasteiger partial charge >= 0.3 is 0 Å². The van der Waals surface area contributed by atoms with Gasteiger partial charge in [0, 0.05) is 10.7 Å². The Balaban J connectivity index is 2.42. The van der Waals surface area contributed by atoms with Crippen molar-refractivity contribution < 1.29 is 17.9 Å². The molecule has 1 unspecified atom stereocenters. The lowest BCUT2D eigenvalue weighted by molar-refractivity contribution is -0.117. The van der Waals surface area contributed by atoms with E-state index in [0.717, 1.165) is 10.6 Å². The molecule has 0 aliphatic heterocycles. The number of methoxy groups -OCH3 is 1. The molecule has 2 aromatic carbocycles. The molecule has 0 spiro atoms. The molecule has 0 radical (unpaired) electrons. The highest BCUT2D eigenvalue weighted by molar-refractivity contribution is 7.92. The molecule has 0 aromatic heterocycles. The number of anilines is 2. The van der Waals surface area contributed by atoms with Gasteiger partial charge in [0.15, 0.2) is 0 Å². The molecule has 2 aromatic rings. The molecule has 2 rings (SSSR count). The van der Waals surface area contributed by atoms with Crippen molar-refractivity contribution in [2.45, 2.75) is 26.3 Å². The average molecular weight is 445 g/mol. The summed E-state index contributed by atoms with van der Waals surface area (Å²) < 4.78 is 31.3. The summed E-state index contributed by atoms with van der Waals surface area (Å²) in [4.78, 5) is 12.9. The van der Waals surface area contributed by atoms with E-state index in [1.54, 1.807) is 44.2 Å². The molecule has 0 aliphatic rings. The zero-order valence-electron chi connectivity index (χ0n) is 16.0. The van der Waals surface area contributed by atoms with Gasteiger partial charge in [-0.25, -0.2) is 8.42 Å². The number of halogens is 2. The number of sulfonamides is 1. The molecule has 9 heteroatoms. The minimum absolute atomic E-state index is 0.259. The van der Waals surface area contributed by atoms with Crippen LogP contribution in [-0.4, -0.2) is 33.7 Å². The van der Waals surface area contributed by atoms with Gasteiger partial charge < -0.3 is 10.1 Å². The number of aryl methyl sites for hydroxylation is 1. The smallest absolute Gasteiger partial charge is 0.248 e. The van der Waals surface area contributed by atoms with Gasteiger partial charge in [0.2, 0.25) is 15.9 Å². The number of carbonyl (C=O) groups excluding carboxylic acids is 1. The van der Waals surface area contributed by atoms with Crippen LogP contribution in [-0.2, 0) is 14.8 Å². The molecule has 0 heterocycles. The third-order valence-electron chi connectivity index (χ3n) is 4.16. The van der Waals surface area contributed by atoms with Gasteiger partial charge in [0.1, 0.15) is 11.8 Å². The van der Waals surface area contributed by atoms with Gasteiger partial charge in [-0.1, -0.05) is 36.2 Å². The minimum atomic E-state index is -3.76. The topological polar surface area (TPSA) is 75.7 Å². The molecule has 0 fully saturated rings. The average Bonchev–Trinajstić information content (AvgIpc) is 2.61. The van der Waals surface area contributed by atoms with Crippen LogP contribution < -0.4 is 14.4 Å². The number of ether oxygens (including phenoxy) is 1. The van der Waals surface area contributed by atoms with Crippen molar-refractivity contribution in [3.8, 4) is 5.75 Å². The van der Waals surface area contributed by atoms with Crippen LogP contribution in [0.2, 0.25) is 10.0 Å². The molecule has 1 amide bonds. The van der Waals surface area contributed by atoms with E-state index in [0.29, 0.717) is 32.7 Å². The van der Waals surface area contributed by atoms with Crippen molar-refractivity contribution in [1.82, 2.24) is 0 Å². The Bertz CT molecular complexity index is 980. The fourth-order valence-corrected chi connectivity index (χ4v) is 4.51. The molecular weight excluding hydrogens is 423 g/mol. The van der Waals surface area contributed by atoms with Crippen molar-refractivity contribution in [2.75, 3.05) is 23.0 Å². The van der Waals surface area contributed by atoms with Gasteiger partial charge in [-0.05, 0) is 49.2 Å². The molecule has 152 valence electrons. The van der Waals surface area contributed by atoms with Crippen LogP contribution >= 0.6 is 23.2 Å². The lowest BCUT2D eigenvalue weighted by atomic mass is 10.1. The normalized spacial score (nSPS) is 12.4. The van der Waals surface area contributed by atoms with Crippen molar-refractivity contribution in [2.24, 2.45) is 0 Å². The molecule has 1 atom stereocenters.